The SMILES string of the molecule is O=C1CNC(=O)N1Cc1ccc(C#CCCO)cc1. The monoisotopic (exact) mass is 258 g/mol. The van der Waals surface area contributed by atoms with Crippen LogP contribution in [0.15, 0.2) is 24.3 Å². The number of nitrogens with one attached hydrogen (secondary N) is 1. The molecule has 1 heterocycles. The molecule has 19 heavy (non-hydrogen) atoms. The lowest BCUT2D eigenvalue weighted by molar-refractivity contribution is -0.125. The van der Waals surface area contributed by atoms with Gasteiger partial charge in [0.25, 0.3) is 0 Å². The van der Waals surface area contributed by atoms with E-state index in [1.807, 2.05) is 24.3 Å². The third-order valence-electron chi connectivity index (χ3n) is 2.70. The highest BCUT2D eigenvalue weighted by Crippen LogP contribution is 2.09. The van der Waals surface area contributed by atoms with E-state index in [4.69, 9.17) is 5.11 Å². The Morgan fingerprint density at radius 1 is 1.26 bits per heavy atom. The van der Waals surface area contributed by atoms with Gasteiger partial charge in [-0.2, -0.15) is 0 Å². The Hall–Kier alpha value is -2.32. The summed E-state index contributed by atoms with van der Waals surface area (Å²) in [5.74, 6) is 5.53. The van der Waals surface area contributed by atoms with Crippen molar-refractivity contribution in [2.75, 3.05) is 13.2 Å². The van der Waals surface area contributed by atoms with Gasteiger partial charge in [-0.1, -0.05) is 24.0 Å². The molecule has 1 aliphatic heterocycles. The predicted molar refractivity (Wildman–Crippen MR) is 69.0 cm³/mol. The number of carbonyl (C=O) groups excluding carboxylic acids is 2. The van der Waals surface area contributed by atoms with Gasteiger partial charge in [0, 0.05) is 12.0 Å². The summed E-state index contributed by atoms with van der Waals surface area (Å²) in [5, 5.41) is 11.1. The van der Waals surface area contributed by atoms with Gasteiger partial charge in [-0.3, -0.25) is 9.69 Å². The zero-order valence-electron chi connectivity index (χ0n) is 10.3. The van der Waals surface area contributed by atoms with E-state index in [1.54, 1.807) is 0 Å². The summed E-state index contributed by atoms with van der Waals surface area (Å²) in [6.45, 7) is 0.399. The van der Waals surface area contributed by atoms with E-state index in [9.17, 15) is 9.59 Å². The molecule has 1 aliphatic rings. The number of nitrogens with zero attached hydrogens (tertiary/aromatic N) is 1. The van der Waals surface area contributed by atoms with Crippen LogP contribution < -0.4 is 5.32 Å². The van der Waals surface area contributed by atoms with Crippen LogP contribution in [0.25, 0.3) is 0 Å². The molecule has 1 saturated heterocycles. The standard InChI is InChI=1S/C14H14N2O3/c17-8-2-1-3-11-4-6-12(7-5-11)10-16-13(18)9-15-14(16)19/h4-7,17H,2,8-10H2,(H,15,19). The Morgan fingerprint density at radius 3 is 2.58 bits per heavy atom. The number of urea groups is 1. The number of aliphatic hydroxyl groups excluding tert-OH is 1. The van der Waals surface area contributed by atoms with Crippen molar-refractivity contribution in [3.63, 3.8) is 0 Å². The number of benzene rings is 1. The third kappa shape index (κ3) is 3.33. The molecule has 0 atom stereocenters. The van der Waals surface area contributed by atoms with Gasteiger partial charge in [0.1, 0.15) is 0 Å². The summed E-state index contributed by atoms with van der Waals surface area (Å²) in [5.41, 5.74) is 1.72. The fraction of sp³-hybridized carbons (Fsp3) is 0.286. The second-order valence-electron chi connectivity index (χ2n) is 4.11. The summed E-state index contributed by atoms with van der Waals surface area (Å²) in [7, 11) is 0. The molecule has 0 aliphatic carbocycles. The Labute approximate surface area is 111 Å². The number of rotatable bonds is 3. The third-order valence-corrected chi connectivity index (χ3v) is 2.70. The molecule has 1 aromatic rings. The number of carbonyl (C=O) groups is 2. The fourth-order valence-corrected chi connectivity index (χ4v) is 1.71. The van der Waals surface area contributed by atoms with Crippen LogP contribution in [0.4, 0.5) is 4.79 Å². The molecule has 0 radical (unpaired) electrons. The lowest BCUT2D eigenvalue weighted by Gasteiger charge is -2.11. The quantitative estimate of drug-likeness (QED) is 0.611. The molecular weight excluding hydrogens is 244 g/mol. The second-order valence-corrected chi connectivity index (χ2v) is 4.11. The molecule has 0 aromatic heterocycles. The first kappa shape index (κ1) is 13.1. The normalized spacial score (nSPS) is 14.1. The summed E-state index contributed by atoms with van der Waals surface area (Å²) < 4.78 is 0. The topological polar surface area (TPSA) is 69.6 Å². The van der Waals surface area contributed by atoms with Crippen molar-refractivity contribution in [3.05, 3.63) is 35.4 Å². The Morgan fingerprint density at radius 2 is 2.00 bits per heavy atom. The first-order valence-corrected chi connectivity index (χ1v) is 5.97. The van der Waals surface area contributed by atoms with Gasteiger partial charge in [0.2, 0.25) is 5.91 Å². The molecular formula is C14H14N2O3. The van der Waals surface area contributed by atoms with Crippen molar-refractivity contribution in [1.29, 1.82) is 0 Å². The zero-order chi connectivity index (χ0) is 13.7. The van der Waals surface area contributed by atoms with E-state index in [0.717, 1.165) is 11.1 Å². The highest BCUT2D eigenvalue weighted by molar-refractivity contribution is 6.01. The lowest BCUT2D eigenvalue weighted by Crippen LogP contribution is -2.30. The summed E-state index contributed by atoms with van der Waals surface area (Å²) in [6.07, 6.45) is 0.449. The molecule has 0 spiro atoms. The summed E-state index contributed by atoms with van der Waals surface area (Å²) >= 11 is 0. The highest BCUT2D eigenvalue weighted by atomic mass is 16.3. The van der Waals surface area contributed by atoms with Crippen LogP contribution in [-0.4, -0.2) is 35.1 Å². The molecule has 1 fully saturated rings. The summed E-state index contributed by atoms with van der Waals surface area (Å²) in [6, 6.07) is 6.98. The second kappa shape index (κ2) is 6.03. The van der Waals surface area contributed by atoms with Crippen molar-refractivity contribution >= 4 is 11.9 Å². The van der Waals surface area contributed by atoms with Crippen LogP contribution >= 0.6 is 0 Å². The van der Waals surface area contributed by atoms with Crippen molar-refractivity contribution in [1.82, 2.24) is 10.2 Å². The maximum absolute atomic E-state index is 11.4. The smallest absolute Gasteiger partial charge is 0.324 e. The van der Waals surface area contributed by atoms with Crippen molar-refractivity contribution in [2.24, 2.45) is 0 Å². The maximum atomic E-state index is 11.4. The van der Waals surface area contributed by atoms with E-state index in [0.29, 0.717) is 6.42 Å². The molecule has 0 unspecified atom stereocenters. The van der Waals surface area contributed by atoms with Crippen LogP contribution in [0.2, 0.25) is 0 Å². The number of hydrogen-bond donors (Lipinski definition) is 2. The molecule has 5 nitrogen and oxygen atoms in total. The van der Waals surface area contributed by atoms with E-state index in [2.05, 4.69) is 17.2 Å². The molecule has 2 N–H and O–H groups in total. The van der Waals surface area contributed by atoms with Gasteiger partial charge in [-0.25, -0.2) is 4.79 Å². The van der Waals surface area contributed by atoms with Crippen molar-refractivity contribution in [2.45, 2.75) is 13.0 Å². The number of hydrogen-bond acceptors (Lipinski definition) is 3. The van der Waals surface area contributed by atoms with E-state index in [-0.39, 0.29) is 31.6 Å². The van der Waals surface area contributed by atoms with Crippen LogP contribution in [-0.2, 0) is 11.3 Å². The summed E-state index contributed by atoms with van der Waals surface area (Å²) in [4.78, 5) is 24.0. The first-order chi connectivity index (χ1) is 9.20. The Bertz CT molecular complexity index is 524. The maximum Gasteiger partial charge on any atom is 0.324 e. The minimum absolute atomic E-state index is 0.0528. The molecule has 0 saturated carbocycles. The van der Waals surface area contributed by atoms with E-state index in [1.165, 1.54) is 4.90 Å². The molecule has 2 rings (SSSR count). The van der Waals surface area contributed by atoms with Gasteiger partial charge in [-0.05, 0) is 17.7 Å². The van der Waals surface area contributed by atoms with E-state index < -0.39 is 0 Å². The minimum Gasteiger partial charge on any atom is -0.395 e. The lowest BCUT2D eigenvalue weighted by atomic mass is 10.1. The highest BCUT2D eigenvalue weighted by Gasteiger charge is 2.28. The largest absolute Gasteiger partial charge is 0.395 e. The van der Waals surface area contributed by atoms with Crippen molar-refractivity contribution in [3.8, 4) is 11.8 Å². The van der Waals surface area contributed by atoms with Gasteiger partial charge in [0.05, 0.1) is 19.7 Å². The number of imide groups is 1. The van der Waals surface area contributed by atoms with Crippen LogP contribution in [0.1, 0.15) is 17.5 Å². The van der Waals surface area contributed by atoms with Crippen molar-refractivity contribution < 1.29 is 14.7 Å². The molecule has 0 bridgehead atoms. The van der Waals surface area contributed by atoms with Crippen LogP contribution in [0.3, 0.4) is 0 Å². The molecule has 3 amide bonds. The van der Waals surface area contributed by atoms with Gasteiger partial charge in [0.15, 0.2) is 0 Å². The van der Waals surface area contributed by atoms with Gasteiger partial charge >= 0.3 is 6.03 Å². The molecule has 1 aromatic carbocycles. The van der Waals surface area contributed by atoms with Gasteiger partial charge in [-0.15, -0.1) is 0 Å². The minimum atomic E-state index is -0.350. The predicted octanol–water partition coefficient (Wildman–Crippen LogP) is 0.472. The zero-order valence-corrected chi connectivity index (χ0v) is 10.3. The molecule has 5 heteroatoms. The fourth-order valence-electron chi connectivity index (χ4n) is 1.71. The average molecular weight is 258 g/mol. The average Bonchev–Trinajstić information content (AvgIpc) is 2.73. The number of aliphatic hydroxyl groups is 1. The Kier molecular flexibility index (Phi) is 4.16. The number of amides is 3. The van der Waals surface area contributed by atoms with Crippen LogP contribution in [0, 0.1) is 11.8 Å². The Balaban J connectivity index is 2.01. The van der Waals surface area contributed by atoms with E-state index >= 15 is 0 Å². The van der Waals surface area contributed by atoms with Gasteiger partial charge < -0.3 is 10.4 Å². The molecule has 98 valence electrons. The van der Waals surface area contributed by atoms with Crippen LogP contribution in [0.5, 0.6) is 0 Å². The first-order valence-electron chi connectivity index (χ1n) is 5.97.